The molecule has 154 valence electrons. The standard InChI is InChI=1S/C19H17BrFNO6S/c20-14-3-1-13(2-4-14)18(23)12-28-19(24)16-11-15(5-6-17(16)21)29(25,26)22-7-9-27-10-8-22/h1-6,11H,7-10,12H2. The highest BCUT2D eigenvalue weighted by molar-refractivity contribution is 9.10. The van der Waals surface area contributed by atoms with Crippen LogP contribution in [-0.4, -0.2) is 57.4 Å². The van der Waals surface area contributed by atoms with Gasteiger partial charge < -0.3 is 9.47 Å². The van der Waals surface area contributed by atoms with E-state index in [2.05, 4.69) is 15.9 Å². The molecule has 1 heterocycles. The predicted molar refractivity (Wildman–Crippen MR) is 105 cm³/mol. The Kier molecular flexibility index (Phi) is 6.78. The van der Waals surface area contributed by atoms with Crippen molar-refractivity contribution in [2.45, 2.75) is 4.90 Å². The number of benzene rings is 2. The molecule has 10 heteroatoms. The Morgan fingerprint density at radius 1 is 1.10 bits per heavy atom. The van der Waals surface area contributed by atoms with E-state index >= 15 is 0 Å². The minimum absolute atomic E-state index is 0.168. The molecule has 0 unspecified atom stereocenters. The highest BCUT2D eigenvalue weighted by Gasteiger charge is 2.28. The number of ketones is 1. The molecule has 0 N–H and O–H groups in total. The van der Waals surface area contributed by atoms with Gasteiger partial charge >= 0.3 is 5.97 Å². The van der Waals surface area contributed by atoms with E-state index in [0.29, 0.717) is 5.56 Å². The lowest BCUT2D eigenvalue weighted by molar-refractivity contribution is 0.0469. The van der Waals surface area contributed by atoms with Crippen molar-refractivity contribution in [1.29, 1.82) is 0 Å². The second kappa shape index (κ2) is 9.12. The largest absolute Gasteiger partial charge is 0.454 e. The number of carbonyl (C=O) groups excluding carboxylic acids is 2. The topological polar surface area (TPSA) is 90.0 Å². The molecular formula is C19H17BrFNO6S. The van der Waals surface area contributed by atoms with Crippen molar-refractivity contribution in [3.05, 3.63) is 63.9 Å². The van der Waals surface area contributed by atoms with Crippen LogP contribution >= 0.6 is 15.9 Å². The lowest BCUT2D eigenvalue weighted by Gasteiger charge is -2.26. The van der Waals surface area contributed by atoms with Gasteiger partial charge in [-0.15, -0.1) is 0 Å². The van der Waals surface area contributed by atoms with Crippen molar-refractivity contribution < 1.29 is 31.9 Å². The average Bonchev–Trinajstić information content (AvgIpc) is 2.73. The Morgan fingerprint density at radius 2 is 1.76 bits per heavy atom. The van der Waals surface area contributed by atoms with Crippen molar-refractivity contribution in [1.82, 2.24) is 4.31 Å². The molecule has 1 aliphatic heterocycles. The van der Waals surface area contributed by atoms with Crippen molar-refractivity contribution in [2.75, 3.05) is 32.9 Å². The molecule has 1 fully saturated rings. The Morgan fingerprint density at radius 3 is 2.41 bits per heavy atom. The number of ether oxygens (including phenoxy) is 2. The molecule has 0 atom stereocenters. The van der Waals surface area contributed by atoms with Gasteiger partial charge in [-0.25, -0.2) is 17.6 Å². The summed E-state index contributed by atoms with van der Waals surface area (Å²) in [6.45, 7) is 0.254. The number of Topliss-reactive ketones (excluding diaryl/α,β-unsaturated/α-hetero) is 1. The van der Waals surface area contributed by atoms with Crippen LogP contribution in [0.25, 0.3) is 0 Å². The fraction of sp³-hybridized carbons (Fsp3) is 0.263. The fourth-order valence-electron chi connectivity index (χ4n) is 2.69. The quantitative estimate of drug-likeness (QED) is 0.461. The molecule has 0 bridgehead atoms. The fourth-order valence-corrected chi connectivity index (χ4v) is 4.38. The molecule has 1 aliphatic rings. The number of hydrogen-bond acceptors (Lipinski definition) is 6. The summed E-state index contributed by atoms with van der Waals surface area (Å²) in [5.74, 6) is -2.53. The minimum atomic E-state index is -3.91. The first-order valence-corrected chi connectivity index (χ1v) is 10.9. The van der Waals surface area contributed by atoms with E-state index in [0.717, 1.165) is 22.7 Å². The van der Waals surface area contributed by atoms with Gasteiger partial charge in [-0.1, -0.05) is 28.1 Å². The second-order valence-corrected chi connectivity index (χ2v) is 9.02. The number of sulfonamides is 1. The maximum atomic E-state index is 14.1. The third-order valence-electron chi connectivity index (χ3n) is 4.27. The zero-order chi connectivity index (χ0) is 21.0. The highest BCUT2D eigenvalue weighted by Crippen LogP contribution is 2.21. The number of halogens is 2. The Balaban J connectivity index is 1.74. The maximum absolute atomic E-state index is 14.1. The SMILES string of the molecule is O=C(COC(=O)c1cc(S(=O)(=O)N2CCOCC2)ccc1F)c1ccc(Br)cc1. The van der Waals surface area contributed by atoms with Crippen LogP contribution in [0.3, 0.4) is 0 Å². The maximum Gasteiger partial charge on any atom is 0.341 e. The van der Waals surface area contributed by atoms with Gasteiger partial charge in [0.15, 0.2) is 12.4 Å². The lowest BCUT2D eigenvalue weighted by Crippen LogP contribution is -2.40. The van der Waals surface area contributed by atoms with Gasteiger partial charge in [0.25, 0.3) is 0 Å². The van der Waals surface area contributed by atoms with E-state index in [-0.39, 0.29) is 31.2 Å². The van der Waals surface area contributed by atoms with Gasteiger partial charge in [0.2, 0.25) is 10.0 Å². The molecule has 7 nitrogen and oxygen atoms in total. The first kappa shape index (κ1) is 21.6. The van der Waals surface area contributed by atoms with Crippen LogP contribution in [0.15, 0.2) is 51.8 Å². The first-order valence-electron chi connectivity index (χ1n) is 8.62. The summed E-state index contributed by atoms with van der Waals surface area (Å²) >= 11 is 3.25. The lowest BCUT2D eigenvalue weighted by atomic mass is 10.1. The second-order valence-electron chi connectivity index (χ2n) is 6.16. The molecule has 0 aromatic heterocycles. The van der Waals surface area contributed by atoms with E-state index in [4.69, 9.17) is 9.47 Å². The monoisotopic (exact) mass is 485 g/mol. The van der Waals surface area contributed by atoms with Crippen LogP contribution in [0.4, 0.5) is 4.39 Å². The molecule has 0 saturated carbocycles. The number of rotatable bonds is 6. The zero-order valence-corrected chi connectivity index (χ0v) is 17.5. The van der Waals surface area contributed by atoms with Crippen molar-refractivity contribution in [3.63, 3.8) is 0 Å². The first-order chi connectivity index (χ1) is 13.8. The summed E-state index contributed by atoms with van der Waals surface area (Å²) in [7, 11) is -3.91. The zero-order valence-electron chi connectivity index (χ0n) is 15.1. The van der Waals surface area contributed by atoms with Gasteiger partial charge in [-0.05, 0) is 30.3 Å². The Hall–Kier alpha value is -2.14. The Labute approximate surface area is 175 Å². The number of hydrogen-bond donors (Lipinski definition) is 0. The van der Waals surface area contributed by atoms with E-state index in [9.17, 15) is 22.4 Å². The highest BCUT2D eigenvalue weighted by atomic mass is 79.9. The molecule has 0 radical (unpaired) electrons. The average molecular weight is 486 g/mol. The molecule has 0 aliphatic carbocycles. The summed E-state index contributed by atoms with van der Waals surface area (Å²) in [5.41, 5.74) is -0.229. The molecule has 3 rings (SSSR count). The van der Waals surface area contributed by atoms with Gasteiger partial charge in [-0.3, -0.25) is 4.79 Å². The van der Waals surface area contributed by atoms with Crippen molar-refractivity contribution in [3.8, 4) is 0 Å². The van der Waals surface area contributed by atoms with Crippen LogP contribution in [0.5, 0.6) is 0 Å². The summed E-state index contributed by atoms with van der Waals surface area (Å²) in [6, 6.07) is 9.33. The predicted octanol–water partition coefficient (Wildman–Crippen LogP) is 2.65. The summed E-state index contributed by atoms with van der Waals surface area (Å²) in [6.07, 6.45) is 0. The molecular weight excluding hydrogens is 469 g/mol. The third kappa shape index (κ3) is 5.08. The molecule has 1 saturated heterocycles. The number of esters is 1. The van der Waals surface area contributed by atoms with Gasteiger partial charge in [0.05, 0.1) is 23.7 Å². The molecule has 0 spiro atoms. The number of morpholine rings is 1. The molecule has 2 aromatic rings. The van der Waals surface area contributed by atoms with Crippen LogP contribution in [-0.2, 0) is 19.5 Å². The van der Waals surface area contributed by atoms with E-state index in [1.54, 1.807) is 24.3 Å². The van der Waals surface area contributed by atoms with Crippen LogP contribution in [0.1, 0.15) is 20.7 Å². The van der Waals surface area contributed by atoms with E-state index in [1.807, 2.05) is 0 Å². The van der Waals surface area contributed by atoms with E-state index < -0.39 is 39.8 Å². The molecule has 2 aromatic carbocycles. The summed E-state index contributed by atoms with van der Waals surface area (Å²) in [4.78, 5) is 24.1. The smallest absolute Gasteiger partial charge is 0.341 e. The summed E-state index contributed by atoms with van der Waals surface area (Å²) in [5, 5.41) is 0. The molecule has 29 heavy (non-hydrogen) atoms. The van der Waals surface area contributed by atoms with Crippen LogP contribution < -0.4 is 0 Å². The summed E-state index contributed by atoms with van der Waals surface area (Å²) < 4.78 is 51.5. The molecule has 0 amide bonds. The number of carbonyl (C=O) groups is 2. The van der Waals surface area contributed by atoms with Crippen molar-refractivity contribution in [2.24, 2.45) is 0 Å². The number of nitrogens with zero attached hydrogens (tertiary/aromatic N) is 1. The van der Waals surface area contributed by atoms with Gasteiger partial charge in [-0.2, -0.15) is 4.31 Å². The normalized spacial score (nSPS) is 15.1. The van der Waals surface area contributed by atoms with E-state index in [1.165, 1.54) is 4.31 Å². The van der Waals surface area contributed by atoms with Crippen LogP contribution in [0.2, 0.25) is 0 Å². The minimum Gasteiger partial charge on any atom is -0.454 e. The van der Waals surface area contributed by atoms with Crippen LogP contribution in [0, 0.1) is 5.82 Å². The van der Waals surface area contributed by atoms with Gasteiger partial charge in [0, 0.05) is 23.1 Å². The van der Waals surface area contributed by atoms with Gasteiger partial charge in [0.1, 0.15) is 5.82 Å². The Bertz CT molecular complexity index is 1020. The third-order valence-corrected chi connectivity index (χ3v) is 6.69. The van der Waals surface area contributed by atoms with Crippen molar-refractivity contribution >= 4 is 37.7 Å².